The van der Waals surface area contributed by atoms with Gasteiger partial charge in [-0.1, -0.05) is 30.3 Å². The Labute approximate surface area is 183 Å². The molecule has 2 aromatic rings. The maximum atomic E-state index is 12.5. The predicted molar refractivity (Wildman–Crippen MR) is 111 cm³/mol. The molecule has 2 rings (SSSR count). The smallest absolute Gasteiger partial charge is 0.308 e. The van der Waals surface area contributed by atoms with Crippen LogP contribution in [0, 0.1) is 0 Å². The van der Waals surface area contributed by atoms with Gasteiger partial charge in [0.15, 0.2) is 17.3 Å². The minimum absolute atomic E-state index is 0.0490. The summed E-state index contributed by atoms with van der Waals surface area (Å²) in [5.41, 5.74) is 0.447. The van der Waals surface area contributed by atoms with E-state index in [0.29, 0.717) is 5.56 Å². The molecule has 0 spiro atoms. The summed E-state index contributed by atoms with van der Waals surface area (Å²) in [7, 11) is 0. The quantitative estimate of drug-likeness (QED) is 0.276. The summed E-state index contributed by atoms with van der Waals surface area (Å²) in [5, 5.41) is 0. The van der Waals surface area contributed by atoms with E-state index in [0.717, 1.165) is 27.7 Å². The molecule has 0 radical (unpaired) electrons. The third-order valence-corrected chi connectivity index (χ3v) is 3.65. The van der Waals surface area contributed by atoms with Crippen LogP contribution in [0.4, 0.5) is 0 Å². The van der Waals surface area contributed by atoms with Gasteiger partial charge in [-0.15, -0.1) is 0 Å². The van der Waals surface area contributed by atoms with Crippen LogP contribution in [-0.2, 0) is 19.2 Å². The van der Waals surface area contributed by atoms with E-state index in [4.69, 9.17) is 18.9 Å². The molecule has 0 atom stereocenters. The van der Waals surface area contributed by atoms with Crippen molar-refractivity contribution in [1.29, 1.82) is 0 Å². The zero-order valence-corrected chi connectivity index (χ0v) is 17.8. The maximum Gasteiger partial charge on any atom is 0.308 e. The lowest BCUT2D eigenvalue weighted by Gasteiger charge is -2.18. The monoisotopic (exact) mass is 440 g/mol. The van der Waals surface area contributed by atoms with E-state index >= 15 is 0 Å². The molecule has 0 aliphatic rings. The van der Waals surface area contributed by atoms with Crippen molar-refractivity contribution in [3.8, 4) is 23.0 Å². The number of carbonyl (C=O) groups is 5. The number of ketones is 1. The molecule has 32 heavy (non-hydrogen) atoms. The number of carbonyl (C=O) groups excluding carboxylic acids is 5. The molecule has 2 aromatic carbocycles. The molecule has 0 aromatic heterocycles. The molecule has 0 N–H and O–H groups in total. The van der Waals surface area contributed by atoms with E-state index in [9.17, 15) is 24.0 Å². The van der Waals surface area contributed by atoms with Crippen molar-refractivity contribution in [2.24, 2.45) is 0 Å². The molecule has 9 nitrogen and oxygen atoms in total. The van der Waals surface area contributed by atoms with Gasteiger partial charge < -0.3 is 18.9 Å². The fraction of sp³-hybridized carbons (Fsp3) is 0.174. The van der Waals surface area contributed by atoms with Crippen LogP contribution in [-0.4, -0.2) is 29.7 Å². The first-order valence-corrected chi connectivity index (χ1v) is 9.30. The Morgan fingerprint density at radius 3 is 1.69 bits per heavy atom. The van der Waals surface area contributed by atoms with Crippen LogP contribution in [0.25, 0.3) is 6.08 Å². The van der Waals surface area contributed by atoms with E-state index < -0.39 is 35.4 Å². The molecular weight excluding hydrogens is 420 g/mol. The van der Waals surface area contributed by atoms with Crippen LogP contribution in [0.5, 0.6) is 23.0 Å². The fourth-order valence-corrected chi connectivity index (χ4v) is 2.56. The lowest BCUT2D eigenvalue weighted by Crippen LogP contribution is -2.13. The highest BCUT2D eigenvalue weighted by Crippen LogP contribution is 2.48. The zero-order chi connectivity index (χ0) is 23.8. The van der Waals surface area contributed by atoms with Gasteiger partial charge in [-0.25, -0.2) is 0 Å². The summed E-state index contributed by atoms with van der Waals surface area (Å²) in [4.78, 5) is 59.1. The standard InChI is InChI=1S/C23H20O9/c1-13(24)29-20-12-18(10-11-19(28)17-8-6-5-7-9-17)21(30-14(2)25)23(32-16(4)27)22(20)31-15(3)26/h5-12H,1-4H3. The Bertz CT molecular complexity index is 1100. The lowest BCUT2D eigenvalue weighted by molar-refractivity contribution is -0.136. The van der Waals surface area contributed by atoms with Gasteiger partial charge in [-0.05, 0) is 18.2 Å². The minimum atomic E-state index is -0.831. The second-order valence-electron chi connectivity index (χ2n) is 6.39. The molecule has 0 aliphatic carbocycles. The summed E-state index contributed by atoms with van der Waals surface area (Å²) in [5.74, 6) is -5.06. The van der Waals surface area contributed by atoms with Gasteiger partial charge in [-0.2, -0.15) is 0 Å². The van der Waals surface area contributed by atoms with Gasteiger partial charge in [0, 0.05) is 38.8 Å². The second kappa shape index (κ2) is 10.7. The molecule has 0 aliphatic heterocycles. The summed E-state index contributed by atoms with van der Waals surface area (Å²) in [6, 6.07) is 9.56. The third-order valence-electron chi connectivity index (χ3n) is 3.65. The normalized spacial score (nSPS) is 10.4. The molecule has 0 saturated carbocycles. The van der Waals surface area contributed by atoms with Gasteiger partial charge in [-0.3, -0.25) is 24.0 Å². The number of hydrogen-bond donors (Lipinski definition) is 0. The van der Waals surface area contributed by atoms with E-state index in [1.165, 1.54) is 18.2 Å². The van der Waals surface area contributed by atoms with Gasteiger partial charge in [0.05, 0.1) is 0 Å². The Balaban J connectivity index is 2.73. The topological polar surface area (TPSA) is 122 Å². The summed E-state index contributed by atoms with van der Waals surface area (Å²) < 4.78 is 20.5. The first-order chi connectivity index (χ1) is 15.1. The van der Waals surface area contributed by atoms with Gasteiger partial charge in [0.1, 0.15) is 0 Å². The molecule has 9 heteroatoms. The zero-order valence-electron chi connectivity index (χ0n) is 17.8. The molecule has 0 saturated heterocycles. The van der Waals surface area contributed by atoms with Gasteiger partial charge in [0.25, 0.3) is 0 Å². The largest absolute Gasteiger partial charge is 0.423 e. The number of ether oxygens (including phenoxy) is 4. The van der Waals surface area contributed by atoms with Crippen LogP contribution in [0.2, 0.25) is 0 Å². The highest BCUT2D eigenvalue weighted by Gasteiger charge is 2.27. The Hall–Kier alpha value is -4.27. The number of benzene rings is 2. The highest BCUT2D eigenvalue weighted by atomic mass is 16.6. The highest BCUT2D eigenvalue weighted by molar-refractivity contribution is 6.07. The Morgan fingerprint density at radius 1 is 0.656 bits per heavy atom. The van der Waals surface area contributed by atoms with Gasteiger partial charge in [0.2, 0.25) is 11.5 Å². The van der Waals surface area contributed by atoms with Crippen molar-refractivity contribution in [3.63, 3.8) is 0 Å². The second-order valence-corrected chi connectivity index (χ2v) is 6.39. The first kappa shape index (κ1) is 24.0. The first-order valence-electron chi connectivity index (χ1n) is 9.30. The average Bonchev–Trinajstić information content (AvgIpc) is 2.70. The van der Waals surface area contributed by atoms with Crippen LogP contribution in [0.15, 0.2) is 42.5 Å². The summed E-state index contributed by atoms with van der Waals surface area (Å²) in [6.07, 6.45) is 2.48. The van der Waals surface area contributed by atoms with Crippen LogP contribution in [0.3, 0.4) is 0 Å². The SMILES string of the molecule is CC(=O)Oc1cc(C=CC(=O)c2ccccc2)c(OC(C)=O)c(OC(C)=O)c1OC(C)=O. The number of esters is 4. The number of allylic oxidation sites excluding steroid dienone is 1. The molecular formula is C23H20O9. The lowest BCUT2D eigenvalue weighted by atomic mass is 10.1. The fourth-order valence-electron chi connectivity index (χ4n) is 2.56. The average molecular weight is 440 g/mol. The summed E-state index contributed by atoms with van der Waals surface area (Å²) in [6.45, 7) is 4.36. The predicted octanol–water partition coefficient (Wildman–Crippen LogP) is 3.28. The number of rotatable bonds is 7. The van der Waals surface area contributed by atoms with Crippen LogP contribution >= 0.6 is 0 Å². The molecule has 0 unspecified atom stereocenters. The van der Waals surface area contributed by atoms with Crippen molar-refractivity contribution in [2.45, 2.75) is 27.7 Å². The van der Waals surface area contributed by atoms with Crippen LogP contribution in [0.1, 0.15) is 43.6 Å². The number of hydrogen-bond acceptors (Lipinski definition) is 9. The molecule has 0 bridgehead atoms. The van der Waals surface area contributed by atoms with Gasteiger partial charge >= 0.3 is 23.9 Å². The van der Waals surface area contributed by atoms with Crippen molar-refractivity contribution >= 4 is 35.7 Å². The molecule has 166 valence electrons. The Kier molecular flexibility index (Phi) is 8.00. The molecule has 0 fully saturated rings. The van der Waals surface area contributed by atoms with Crippen molar-refractivity contribution in [2.75, 3.05) is 0 Å². The van der Waals surface area contributed by atoms with E-state index in [2.05, 4.69) is 0 Å². The van der Waals surface area contributed by atoms with Crippen LogP contribution < -0.4 is 18.9 Å². The summed E-state index contributed by atoms with van der Waals surface area (Å²) >= 11 is 0. The molecule has 0 heterocycles. The third kappa shape index (κ3) is 6.63. The van der Waals surface area contributed by atoms with E-state index in [1.54, 1.807) is 30.3 Å². The van der Waals surface area contributed by atoms with Crippen molar-refractivity contribution in [3.05, 3.63) is 53.6 Å². The maximum absolute atomic E-state index is 12.5. The molecule has 0 amide bonds. The van der Waals surface area contributed by atoms with Crippen molar-refractivity contribution < 1.29 is 42.9 Å². The Morgan fingerprint density at radius 2 is 1.16 bits per heavy atom. The van der Waals surface area contributed by atoms with E-state index in [-0.39, 0.29) is 22.8 Å². The minimum Gasteiger partial charge on any atom is -0.423 e. The van der Waals surface area contributed by atoms with E-state index in [1.807, 2.05) is 0 Å². The van der Waals surface area contributed by atoms with Crippen molar-refractivity contribution in [1.82, 2.24) is 0 Å².